The van der Waals surface area contributed by atoms with Crippen LogP contribution in [-0.2, 0) is 11.3 Å². The van der Waals surface area contributed by atoms with Crippen LogP contribution in [0.2, 0.25) is 0 Å². The zero-order chi connectivity index (χ0) is 22.8. The molecule has 4 aliphatic carbocycles. The van der Waals surface area contributed by atoms with Crippen LogP contribution < -0.4 is 15.4 Å². The number of halogens is 1. The van der Waals surface area contributed by atoms with Crippen molar-refractivity contribution in [3.05, 3.63) is 41.6 Å². The average molecular weight is 454 g/mol. The molecule has 33 heavy (non-hydrogen) atoms. The Balaban J connectivity index is 1.11. The molecule has 0 radical (unpaired) electrons. The van der Waals surface area contributed by atoms with Crippen LogP contribution in [0.1, 0.15) is 73.7 Å². The van der Waals surface area contributed by atoms with Crippen LogP contribution in [0.25, 0.3) is 0 Å². The van der Waals surface area contributed by atoms with E-state index in [9.17, 15) is 14.0 Å². The van der Waals surface area contributed by atoms with Crippen molar-refractivity contribution in [2.45, 2.75) is 88.2 Å². The first-order valence-electron chi connectivity index (χ1n) is 12.3. The van der Waals surface area contributed by atoms with Crippen LogP contribution in [0, 0.1) is 5.41 Å². The Kier molecular flexibility index (Phi) is 4.84. The Hall–Kier alpha value is -2.41. The lowest BCUT2D eigenvalue weighted by Crippen LogP contribution is -2.68. The van der Waals surface area contributed by atoms with Gasteiger partial charge in [-0.15, -0.1) is 0 Å². The molecule has 3 atom stereocenters. The highest BCUT2D eigenvalue weighted by molar-refractivity contribution is 6.01. The minimum atomic E-state index is -0.855. The quantitative estimate of drug-likeness (QED) is 0.691. The summed E-state index contributed by atoms with van der Waals surface area (Å²) in [5.74, 6) is 0.532. The lowest BCUT2D eigenvalue weighted by atomic mass is 9.42. The Morgan fingerprint density at radius 3 is 2.73 bits per heavy atom. The normalized spacial score (nSPS) is 37.2. The van der Waals surface area contributed by atoms with E-state index in [1.165, 1.54) is 6.42 Å². The molecule has 7 heteroatoms. The molecule has 0 aromatic heterocycles. The first-order chi connectivity index (χ1) is 15.8. The number of benzene rings is 1. The Bertz CT molecular complexity index is 1000. The first-order valence-corrected chi connectivity index (χ1v) is 12.3. The van der Waals surface area contributed by atoms with E-state index in [1.54, 1.807) is 4.90 Å². The molecule has 1 aromatic carbocycles. The van der Waals surface area contributed by atoms with Crippen molar-refractivity contribution >= 4 is 11.8 Å². The highest BCUT2D eigenvalue weighted by Gasteiger charge is 2.68. The number of rotatable bonds is 6. The van der Waals surface area contributed by atoms with Gasteiger partial charge in [0.15, 0.2) is 0 Å². The number of piperidine rings is 1. The lowest BCUT2D eigenvalue weighted by Gasteiger charge is -2.66. The van der Waals surface area contributed by atoms with Crippen LogP contribution >= 0.6 is 0 Å². The molecule has 2 amide bonds. The van der Waals surface area contributed by atoms with E-state index in [0.717, 1.165) is 37.1 Å². The molecule has 0 spiro atoms. The molecule has 2 N–H and O–H groups in total. The van der Waals surface area contributed by atoms with E-state index in [0.29, 0.717) is 49.9 Å². The van der Waals surface area contributed by atoms with E-state index in [1.807, 2.05) is 18.2 Å². The van der Waals surface area contributed by atoms with Gasteiger partial charge in [0.1, 0.15) is 23.6 Å². The second kappa shape index (κ2) is 7.55. The zero-order valence-corrected chi connectivity index (χ0v) is 19.0. The summed E-state index contributed by atoms with van der Waals surface area (Å²) in [5.41, 5.74) is 1.61. The largest absolute Gasteiger partial charge is 0.489 e. The third-order valence-corrected chi connectivity index (χ3v) is 8.41. The number of ether oxygens (including phenoxy) is 1. The van der Waals surface area contributed by atoms with Crippen LogP contribution in [0.5, 0.6) is 5.75 Å². The summed E-state index contributed by atoms with van der Waals surface area (Å²) in [5, 5.41) is 6.48. The van der Waals surface area contributed by atoms with Gasteiger partial charge in [-0.3, -0.25) is 9.59 Å². The average Bonchev–Trinajstić information content (AvgIpc) is 3.06. The molecule has 4 saturated carbocycles. The Labute approximate surface area is 193 Å². The maximum atomic E-state index is 13.9. The predicted octanol–water partition coefficient (Wildman–Crippen LogP) is 3.61. The zero-order valence-electron chi connectivity index (χ0n) is 19.0. The van der Waals surface area contributed by atoms with Gasteiger partial charge in [0.25, 0.3) is 5.91 Å². The van der Waals surface area contributed by atoms with Gasteiger partial charge in [-0.25, -0.2) is 4.39 Å². The molecule has 1 saturated heterocycles. The lowest BCUT2D eigenvalue weighted by molar-refractivity contribution is -0.211. The molecule has 6 aliphatic rings. The maximum absolute atomic E-state index is 13.9. The predicted molar refractivity (Wildman–Crippen MR) is 121 cm³/mol. The van der Waals surface area contributed by atoms with E-state index in [4.69, 9.17) is 4.74 Å². The highest BCUT2D eigenvalue weighted by Crippen LogP contribution is 2.69. The molecule has 2 aliphatic heterocycles. The number of amides is 2. The van der Waals surface area contributed by atoms with Gasteiger partial charge in [-0.1, -0.05) is 13.0 Å². The number of carbonyl (C=O) groups is 2. The van der Waals surface area contributed by atoms with Gasteiger partial charge in [-0.05, 0) is 80.5 Å². The minimum Gasteiger partial charge on any atom is -0.489 e. The summed E-state index contributed by atoms with van der Waals surface area (Å²) < 4.78 is 20.3. The first kappa shape index (κ1) is 21.1. The fourth-order valence-corrected chi connectivity index (χ4v) is 6.75. The van der Waals surface area contributed by atoms with Crippen LogP contribution in [0.4, 0.5) is 4.39 Å². The summed E-state index contributed by atoms with van der Waals surface area (Å²) in [6, 6.07) is 5.50. The number of allylic oxidation sites excluding steroid dienone is 1. The van der Waals surface area contributed by atoms with Crippen molar-refractivity contribution in [1.29, 1.82) is 0 Å². The fourth-order valence-electron chi connectivity index (χ4n) is 6.75. The van der Waals surface area contributed by atoms with Gasteiger partial charge >= 0.3 is 0 Å². The van der Waals surface area contributed by atoms with Crippen molar-refractivity contribution in [2.75, 3.05) is 6.54 Å². The second-order valence-electron chi connectivity index (χ2n) is 11.0. The van der Waals surface area contributed by atoms with Gasteiger partial charge in [-0.2, -0.15) is 0 Å². The van der Waals surface area contributed by atoms with Crippen LogP contribution in [0.3, 0.4) is 0 Å². The smallest absolute Gasteiger partial charge is 0.255 e. The highest BCUT2D eigenvalue weighted by atomic mass is 19.1. The summed E-state index contributed by atoms with van der Waals surface area (Å²) in [6.07, 6.45) is 7.90. The van der Waals surface area contributed by atoms with Gasteiger partial charge in [0.2, 0.25) is 5.91 Å². The summed E-state index contributed by atoms with van der Waals surface area (Å²) in [4.78, 5) is 27.0. The number of carbonyl (C=O) groups excluding carboxylic acids is 2. The summed E-state index contributed by atoms with van der Waals surface area (Å²) >= 11 is 0. The number of hydrogen-bond donors (Lipinski definition) is 2. The summed E-state index contributed by atoms with van der Waals surface area (Å²) in [7, 11) is 0. The van der Waals surface area contributed by atoms with Crippen molar-refractivity contribution in [1.82, 2.24) is 15.5 Å². The maximum Gasteiger partial charge on any atom is 0.255 e. The van der Waals surface area contributed by atoms with E-state index < -0.39 is 11.7 Å². The van der Waals surface area contributed by atoms with Crippen molar-refractivity contribution < 1.29 is 18.7 Å². The molecular formula is C26H32FN3O3. The number of nitrogens with one attached hydrogen (secondary N) is 2. The Morgan fingerprint density at radius 1 is 1.18 bits per heavy atom. The number of fused-ring (bicyclic) bond motifs is 1. The SMILES string of the molecule is C=C1CCC(N2Cc3cc(O[C@H]4CCCC[C@@H]4NCC45CC(F)(C4)C5)ccc3C2=O)C(=O)N1. The van der Waals surface area contributed by atoms with E-state index in [2.05, 4.69) is 17.2 Å². The second-order valence-corrected chi connectivity index (χ2v) is 11.0. The van der Waals surface area contributed by atoms with Crippen LogP contribution in [0.15, 0.2) is 30.5 Å². The number of alkyl halides is 1. The van der Waals surface area contributed by atoms with Crippen LogP contribution in [-0.4, -0.2) is 47.1 Å². The molecule has 7 rings (SSSR count). The van der Waals surface area contributed by atoms with E-state index in [-0.39, 0.29) is 29.4 Å². The van der Waals surface area contributed by atoms with Crippen molar-refractivity contribution in [3.63, 3.8) is 0 Å². The molecule has 1 aromatic rings. The topological polar surface area (TPSA) is 70.7 Å². The number of hydrogen-bond acceptors (Lipinski definition) is 4. The minimum absolute atomic E-state index is 0.0758. The molecule has 6 nitrogen and oxygen atoms in total. The van der Waals surface area contributed by atoms with Gasteiger partial charge in [0.05, 0.1) is 0 Å². The molecule has 2 heterocycles. The van der Waals surface area contributed by atoms with Gasteiger partial charge < -0.3 is 20.3 Å². The molecular weight excluding hydrogens is 421 g/mol. The Morgan fingerprint density at radius 2 is 1.97 bits per heavy atom. The molecule has 1 unspecified atom stereocenters. The standard InChI is InChI=1S/C26H32FN3O3/c1-16-6-9-21(23(31)29-16)30-11-17-10-18(7-8-19(17)24(30)32)33-22-5-3-2-4-20(22)28-15-25-12-26(27,13-25)14-25/h7-8,10,20-22,28H,1-6,9,11-15H2,(H,29,31)/t20-,21?,22-,25?,26?/m0/s1. The third-order valence-electron chi connectivity index (χ3n) is 8.41. The van der Waals surface area contributed by atoms with E-state index >= 15 is 0 Å². The van der Waals surface area contributed by atoms with Crippen molar-refractivity contribution in [2.24, 2.45) is 5.41 Å². The molecule has 176 valence electrons. The molecule has 2 bridgehead atoms. The monoisotopic (exact) mass is 453 g/mol. The van der Waals surface area contributed by atoms with Gasteiger partial charge in [0, 0.05) is 30.4 Å². The summed E-state index contributed by atoms with van der Waals surface area (Å²) in [6.45, 7) is 5.13. The fraction of sp³-hybridized carbons (Fsp3) is 0.615. The van der Waals surface area contributed by atoms with Crippen molar-refractivity contribution in [3.8, 4) is 5.75 Å². The molecule has 5 fully saturated rings. The third kappa shape index (κ3) is 3.65. The number of nitrogens with zero attached hydrogens (tertiary/aromatic N) is 1.